The van der Waals surface area contributed by atoms with Gasteiger partial charge in [-0.1, -0.05) is 13.8 Å². The molecule has 2 saturated carbocycles. The van der Waals surface area contributed by atoms with Gasteiger partial charge in [-0.25, -0.2) is 4.98 Å². The second kappa shape index (κ2) is 8.13. The summed E-state index contributed by atoms with van der Waals surface area (Å²) in [5.74, 6) is 1.47. The largest absolute Gasteiger partial charge is 0.433 e. The molecule has 2 aliphatic carbocycles. The summed E-state index contributed by atoms with van der Waals surface area (Å²) in [5, 5.41) is 10.5. The summed E-state index contributed by atoms with van der Waals surface area (Å²) in [4.78, 5) is 23.5. The maximum Gasteiger partial charge on any atom is 0.433 e. The van der Waals surface area contributed by atoms with E-state index in [2.05, 4.69) is 25.7 Å². The molecule has 5 rings (SSSR count). The number of amides is 1. The molecule has 0 spiro atoms. The summed E-state index contributed by atoms with van der Waals surface area (Å²) < 4.78 is 41.6. The molecule has 0 radical (unpaired) electrons. The summed E-state index contributed by atoms with van der Waals surface area (Å²) >= 11 is 0. The molecule has 11 heteroatoms. The van der Waals surface area contributed by atoms with E-state index in [1.807, 2.05) is 32.7 Å². The Morgan fingerprint density at radius 2 is 1.94 bits per heavy atom. The lowest BCUT2D eigenvalue weighted by molar-refractivity contribution is -0.144. The van der Waals surface area contributed by atoms with Gasteiger partial charge >= 0.3 is 6.18 Å². The van der Waals surface area contributed by atoms with Crippen molar-refractivity contribution in [2.45, 2.75) is 77.2 Å². The average Bonchev–Trinajstić information content (AvgIpc) is 3.46. The van der Waals surface area contributed by atoms with Gasteiger partial charge in [0, 0.05) is 25.6 Å². The van der Waals surface area contributed by atoms with Crippen LogP contribution in [0.3, 0.4) is 0 Å². The zero-order chi connectivity index (χ0) is 24.4. The third kappa shape index (κ3) is 4.20. The van der Waals surface area contributed by atoms with Crippen molar-refractivity contribution in [2.75, 3.05) is 22.6 Å². The Morgan fingerprint density at radius 1 is 1.24 bits per heavy atom. The van der Waals surface area contributed by atoms with Crippen LogP contribution in [-0.2, 0) is 17.5 Å². The van der Waals surface area contributed by atoms with E-state index in [4.69, 9.17) is 0 Å². The lowest BCUT2D eigenvalue weighted by atomic mass is 9.80. The highest BCUT2D eigenvalue weighted by Gasteiger charge is 2.40. The van der Waals surface area contributed by atoms with Crippen molar-refractivity contribution in [1.29, 1.82) is 0 Å². The molecule has 34 heavy (non-hydrogen) atoms. The fourth-order valence-corrected chi connectivity index (χ4v) is 5.09. The molecule has 3 heterocycles. The van der Waals surface area contributed by atoms with Crippen molar-refractivity contribution in [1.82, 2.24) is 19.7 Å². The number of anilines is 3. The molecule has 0 bridgehead atoms. The van der Waals surface area contributed by atoms with Crippen molar-refractivity contribution >= 4 is 23.4 Å². The minimum Gasteiger partial charge on any atom is -0.351 e. The van der Waals surface area contributed by atoms with Crippen molar-refractivity contribution < 1.29 is 18.0 Å². The van der Waals surface area contributed by atoms with Crippen LogP contribution in [0.5, 0.6) is 0 Å². The molecule has 184 valence electrons. The second-order valence-corrected chi connectivity index (χ2v) is 10.2. The lowest BCUT2D eigenvalue weighted by Gasteiger charge is -2.38. The standard InChI is InChI=1S/C23H30F3N7O/c1-11(2)19-21(34)29-18-12(3)27-22(30-20(18)32(19)4)28-15-7-13(8-15)10-33-17(23(24,25)26)9-16(31-33)14-5-6-14/h9,11,13-15,19H,5-8,10H2,1-4H3,(H,29,34)(H,27,28,30)/t13-,15+,19-/m0/s1. The molecule has 0 unspecified atom stereocenters. The van der Waals surface area contributed by atoms with Crippen molar-refractivity contribution in [2.24, 2.45) is 11.8 Å². The van der Waals surface area contributed by atoms with Gasteiger partial charge in [0.1, 0.15) is 17.4 Å². The van der Waals surface area contributed by atoms with Gasteiger partial charge in [0.05, 0.1) is 11.4 Å². The Labute approximate surface area is 196 Å². The number of hydrogen-bond donors (Lipinski definition) is 2. The quantitative estimate of drug-likeness (QED) is 0.649. The van der Waals surface area contributed by atoms with E-state index in [1.165, 1.54) is 6.07 Å². The SMILES string of the molecule is Cc1nc(N[C@H]2C[C@@H](Cn3nc(C4CC4)cc3C(F)(F)F)C2)nc2c1NC(=O)[C@H](C(C)C)N2C. The third-order valence-corrected chi connectivity index (χ3v) is 7.06. The van der Waals surface area contributed by atoms with Gasteiger partial charge in [-0.2, -0.15) is 23.3 Å². The number of rotatable bonds is 6. The topological polar surface area (TPSA) is 88.0 Å². The third-order valence-electron chi connectivity index (χ3n) is 7.06. The Hall–Kier alpha value is -2.85. The maximum absolute atomic E-state index is 13.5. The van der Waals surface area contributed by atoms with Crippen LogP contribution in [0, 0.1) is 18.8 Å². The fraction of sp³-hybridized carbons (Fsp3) is 0.652. The summed E-state index contributed by atoms with van der Waals surface area (Å²) in [7, 11) is 1.86. The van der Waals surface area contributed by atoms with Crippen LogP contribution < -0.4 is 15.5 Å². The Morgan fingerprint density at radius 3 is 2.56 bits per heavy atom. The number of aryl methyl sites for hydroxylation is 1. The van der Waals surface area contributed by atoms with E-state index in [0.717, 1.165) is 30.4 Å². The molecule has 2 aromatic heterocycles. The number of aromatic nitrogens is 4. The number of fused-ring (bicyclic) bond motifs is 1. The van der Waals surface area contributed by atoms with E-state index in [1.54, 1.807) is 0 Å². The van der Waals surface area contributed by atoms with E-state index < -0.39 is 11.9 Å². The van der Waals surface area contributed by atoms with Gasteiger partial charge in [-0.05, 0) is 50.5 Å². The predicted octanol–water partition coefficient (Wildman–Crippen LogP) is 4.18. The van der Waals surface area contributed by atoms with E-state index >= 15 is 0 Å². The van der Waals surface area contributed by atoms with Crippen LogP contribution in [0.2, 0.25) is 0 Å². The smallest absolute Gasteiger partial charge is 0.351 e. The zero-order valence-electron chi connectivity index (χ0n) is 19.8. The van der Waals surface area contributed by atoms with Crippen molar-refractivity contribution in [3.8, 4) is 0 Å². The van der Waals surface area contributed by atoms with Crippen LogP contribution in [0.4, 0.5) is 30.6 Å². The van der Waals surface area contributed by atoms with Crippen molar-refractivity contribution in [3.05, 3.63) is 23.1 Å². The van der Waals surface area contributed by atoms with E-state index in [-0.39, 0.29) is 42.3 Å². The average molecular weight is 478 g/mol. The molecular formula is C23H30F3N7O. The first-order valence-corrected chi connectivity index (χ1v) is 11.8. The normalized spacial score (nSPS) is 24.6. The van der Waals surface area contributed by atoms with Gasteiger partial charge < -0.3 is 15.5 Å². The number of nitrogens with one attached hydrogen (secondary N) is 2. The highest BCUT2D eigenvalue weighted by Crippen LogP contribution is 2.42. The molecule has 8 nitrogen and oxygen atoms in total. The Kier molecular flexibility index (Phi) is 5.48. The molecule has 1 amide bonds. The van der Waals surface area contributed by atoms with E-state index in [0.29, 0.717) is 28.8 Å². The summed E-state index contributed by atoms with van der Waals surface area (Å²) in [6.07, 6.45) is -1.13. The second-order valence-electron chi connectivity index (χ2n) is 10.2. The van der Waals surface area contributed by atoms with Gasteiger partial charge in [-0.3, -0.25) is 9.48 Å². The molecule has 2 aromatic rings. The van der Waals surface area contributed by atoms with Gasteiger partial charge in [-0.15, -0.1) is 0 Å². The summed E-state index contributed by atoms with van der Waals surface area (Å²) in [5.41, 5.74) is 1.20. The number of carbonyl (C=O) groups is 1. The molecule has 1 aliphatic heterocycles. The molecule has 0 aromatic carbocycles. The molecular weight excluding hydrogens is 447 g/mol. The van der Waals surface area contributed by atoms with Crippen LogP contribution in [-0.4, -0.2) is 44.8 Å². The zero-order valence-corrected chi connectivity index (χ0v) is 19.8. The van der Waals surface area contributed by atoms with Crippen LogP contribution in [0.15, 0.2) is 6.07 Å². The van der Waals surface area contributed by atoms with Crippen molar-refractivity contribution in [3.63, 3.8) is 0 Å². The minimum atomic E-state index is -4.40. The van der Waals surface area contributed by atoms with Crippen LogP contribution >= 0.6 is 0 Å². The molecule has 1 atom stereocenters. The molecule has 2 fully saturated rings. The Balaban J connectivity index is 1.25. The molecule has 3 aliphatic rings. The highest BCUT2D eigenvalue weighted by atomic mass is 19.4. The summed E-state index contributed by atoms with van der Waals surface area (Å²) in [6, 6.07) is 0.981. The number of alkyl halides is 3. The highest BCUT2D eigenvalue weighted by molar-refractivity contribution is 6.03. The maximum atomic E-state index is 13.5. The van der Waals surface area contributed by atoms with Gasteiger partial charge in [0.2, 0.25) is 11.9 Å². The van der Waals surface area contributed by atoms with Crippen LogP contribution in [0.1, 0.15) is 62.5 Å². The monoisotopic (exact) mass is 477 g/mol. The Bertz CT molecular complexity index is 1100. The van der Waals surface area contributed by atoms with Crippen LogP contribution in [0.25, 0.3) is 0 Å². The first kappa shape index (κ1) is 22.9. The predicted molar refractivity (Wildman–Crippen MR) is 122 cm³/mol. The van der Waals surface area contributed by atoms with Gasteiger partial charge in [0.25, 0.3) is 0 Å². The first-order valence-electron chi connectivity index (χ1n) is 11.8. The molecule has 0 saturated heterocycles. The number of carbonyl (C=O) groups excluding carboxylic acids is 1. The number of likely N-dealkylation sites (N-methyl/N-ethyl adjacent to an activating group) is 1. The minimum absolute atomic E-state index is 0.0686. The van der Waals surface area contributed by atoms with E-state index in [9.17, 15) is 18.0 Å². The first-order chi connectivity index (χ1) is 16.0. The summed E-state index contributed by atoms with van der Waals surface area (Å²) in [6.45, 7) is 6.07. The van der Waals surface area contributed by atoms with Gasteiger partial charge in [0.15, 0.2) is 5.82 Å². The molecule has 2 N–H and O–H groups in total. The lowest BCUT2D eigenvalue weighted by Crippen LogP contribution is -2.50. The number of hydrogen-bond acceptors (Lipinski definition) is 6. The number of nitrogens with zero attached hydrogens (tertiary/aromatic N) is 5. The fourth-order valence-electron chi connectivity index (χ4n) is 5.09. The number of halogens is 3.